The summed E-state index contributed by atoms with van der Waals surface area (Å²) in [6, 6.07) is 1.60. The largest absolute Gasteiger partial charge is 0.384 e. The molecule has 0 radical (unpaired) electrons. The third-order valence-electron chi connectivity index (χ3n) is 1.26. The van der Waals surface area contributed by atoms with E-state index in [1.807, 2.05) is 0 Å². The summed E-state index contributed by atoms with van der Waals surface area (Å²) in [6.07, 6.45) is 1.24. The van der Waals surface area contributed by atoms with E-state index in [4.69, 9.17) is 11.6 Å². The SMILES string of the molecule is CC(ON)c1nccc(N)n1. The molecule has 0 saturated carbocycles. The van der Waals surface area contributed by atoms with E-state index in [-0.39, 0.29) is 6.10 Å². The number of rotatable bonds is 2. The zero-order chi connectivity index (χ0) is 8.27. The second-order valence-corrected chi connectivity index (χ2v) is 2.12. The highest BCUT2D eigenvalue weighted by Crippen LogP contribution is 2.09. The Morgan fingerprint density at radius 2 is 2.36 bits per heavy atom. The van der Waals surface area contributed by atoms with Crippen LogP contribution in [0.3, 0.4) is 0 Å². The number of aromatic nitrogens is 2. The number of anilines is 1. The van der Waals surface area contributed by atoms with Crippen LogP contribution in [0.5, 0.6) is 0 Å². The molecule has 0 saturated heterocycles. The van der Waals surface area contributed by atoms with E-state index in [9.17, 15) is 0 Å². The minimum Gasteiger partial charge on any atom is -0.384 e. The van der Waals surface area contributed by atoms with Crippen LogP contribution in [0.4, 0.5) is 5.82 Å². The summed E-state index contributed by atoms with van der Waals surface area (Å²) in [5, 5.41) is 0. The molecule has 5 nitrogen and oxygen atoms in total. The van der Waals surface area contributed by atoms with Crippen LogP contribution < -0.4 is 11.6 Å². The van der Waals surface area contributed by atoms with E-state index in [1.165, 1.54) is 0 Å². The summed E-state index contributed by atoms with van der Waals surface area (Å²) in [4.78, 5) is 12.3. The fourth-order valence-electron chi connectivity index (χ4n) is 0.645. The van der Waals surface area contributed by atoms with Crippen molar-refractivity contribution in [2.24, 2.45) is 5.90 Å². The molecule has 1 rings (SSSR count). The molecule has 1 aromatic heterocycles. The van der Waals surface area contributed by atoms with Crippen LogP contribution in [-0.4, -0.2) is 9.97 Å². The molecule has 4 N–H and O–H groups in total. The number of nitrogens with zero attached hydrogens (tertiary/aromatic N) is 2. The van der Waals surface area contributed by atoms with Gasteiger partial charge in [0, 0.05) is 6.20 Å². The van der Waals surface area contributed by atoms with E-state index in [2.05, 4.69) is 14.8 Å². The van der Waals surface area contributed by atoms with Gasteiger partial charge in [0.15, 0.2) is 5.82 Å². The van der Waals surface area contributed by atoms with Gasteiger partial charge in [-0.25, -0.2) is 15.9 Å². The van der Waals surface area contributed by atoms with Gasteiger partial charge < -0.3 is 5.73 Å². The minimum atomic E-state index is -0.321. The standard InChI is InChI=1S/C6H10N4O/c1-4(11-8)6-9-3-2-5(7)10-6/h2-4H,8H2,1H3,(H2,7,9,10). The van der Waals surface area contributed by atoms with Gasteiger partial charge in [0.2, 0.25) is 0 Å². The van der Waals surface area contributed by atoms with Crippen LogP contribution in [0.2, 0.25) is 0 Å². The van der Waals surface area contributed by atoms with Gasteiger partial charge in [-0.15, -0.1) is 0 Å². The highest BCUT2D eigenvalue weighted by molar-refractivity contribution is 5.25. The Morgan fingerprint density at radius 3 is 2.91 bits per heavy atom. The fraction of sp³-hybridized carbons (Fsp3) is 0.333. The maximum absolute atomic E-state index is 5.40. The molecule has 0 aliphatic rings. The van der Waals surface area contributed by atoms with Gasteiger partial charge >= 0.3 is 0 Å². The van der Waals surface area contributed by atoms with Crippen molar-refractivity contribution in [3.8, 4) is 0 Å². The monoisotopic (exact) mass is 154 g/mol. The molecule has 0 amide bonds. The molecule has 1 unspecified atom stereocenters. The average Bonchev–Trinajstić information content (AvgIpc) is 2.03. The Bertz CT molecular complexity index is 240. The molecule has 0 fully saturated rings. The van der Waals surface area contributed by atoms with Gasteiger partial charge in [-0.1, -0.05) is 0 Å². The Kier molecular flexibility index (Phi) is 2.35. The molecule has 11 heavy (non-hydrogen) atoms. The van der Waals surface area contributed by atoms with E-state index in [1.54, 1.807) is 19.2 Å². The number of nitrogens with two attached hydrogens (primary N) is 2. The summed E-state index contributed by atoms with van der Waals surface area (Å²) in [5.41, 5.74) is 5.40. The third-order valence-corrected chi connectivity index (χ3v) is 1.26. The maximum atomic E-state index is 5.40. The molecular formula is C6H10N4O. The van der Waals surface area contributed by atoms with Gasteiger partial charge in [0.1, 0.15) is 11.9 Å². The highest BCUT2D eigenvalue weighted by atomic mass is 16.6. The summed E-state index contributed by atoms with van der Waals surface area (Å²) in [5.74, 6) is 5.84. The predicted octanol–water partition coefficient (Wildman–Crippen LogP) is 0.0101. The normalized spacial score (nSPS) is 12.9. The van der Waals surface area contributed by atoms with Gasteiger partial charge in [0.25, 0.3) is 0 Å². The van der Waals surface area contributed by atoms with Crippen molar-refractivity contribution in [3.05, 3.63) is 18.1 Å². The lowest BCUT2D eigenvalue weighted by Crippen LogP contribution is -2.09. The van der Waals surface area contributed by atoms with E-state index >= 15 is 0 Å². The summed E-state index contributed by atoms with van der Waals surface area (Å²) in [6.45, 7) is 1.74. The van der Waals surface area contributed by atoms with Gasteiger partial charge in [0.05, 0.1) is 0 Å². The minimum absolute atomic E-state index is 0.321. The van der Waals surface area contributed by atoms with E-state index in [0.29, 0.717) is 11.6 Å². The van der Waals surface area contributed by atoms with Gasteiger partial charge in [-0.05, 0) is 13.0 Å². The van der Waals surface area contributed by atoms with Crippen molar-refractivity contribution in [3.63, 3.8) is 0 Å². The number of hydrogen-bond acceptors (Lipinski definition) is 5. The van der Waals surface area contributed by atoms with Crippen molar-refractivity contribution in [2.45, 2.75) is 13.0 Å². The van der Waals surface area contributed by atoms with Crippen LogP contribution in [0.25, 0.3) is 0 Å². The molecule has 0 spiro atoms. The van der Waals surface area contributed by atoms with E-state index in [0.717, 1.165) is 0 Å². The molecule has 60 valence electrons. The second kappa shape index (κ2) is 3.27. The predicted molar refractivity (Wildman–Crippen MR) is 40.1 cm³/mol. The molecule has 1 atom stereocenters. The Labute approximate surface area is 64.3 Å². The van der Waals surface area contributed by atoms with Crippen molar-refractivity contribution < 1.29 is 4.84 Å². The smallest absolute Gasteiger partial charge is 0.161 e. The number of hydrogen-bond donors (Lipinski definition) is 2. The number of nitrogen functional groups attached to an aromatic ring is 1. The maximum Gasteiger partial charge on any atom is 0.161 e. The lowest BCUT2D eigenvalue weighted by atomic mass is 10.4. The molecule has 0 aromatic carbocycles. The van der Waals surface area contributed by atoms with Crippen molar-refractivity contribution >= 4 is 5.82 Å². The second-order valence-electron chi connectivity index (χ2n) is 2.12. The van der Waals surface area contributed by atoms with Gasteiger partial charge in [-0.3, -0.25) is 4.84 Å². The average molecular weight is 154 g/mol. The van der Waals surface area contributed by atoms with E-state index < -0.39 is 0 Å². The summed E-state index contributed by atoms with van der Waals surface area (Å²) in [7, 11) is 0. The Morgan fingerprint density at radius 1 is 1.64 bits per heavy atom. The summed E-state index contributed by atoms with van der Waals surface area (Å²) >= 11 is 0. The van der Waals surface area contributed by atoms with Gasteiger partial charge in [-0.2, -0.15) is 0 Å². The first kappa shape index (κ1) is 7.90. The van der Waals surface area contributed by atoms with Crippen LogP contribution in [0, 0.1) is 0 Å². The highest BCUT2D eigenvalue weighted by Gasteiger charge is 2.06. The lowest BCUT2D eigenvalue weighted by molar-refractivity contribution is 0.0603. The molecule has 0 aliphatic carbocycles. The first-order valence-electron chi connectivity index (χ1n) is 3.18. The molecule has 5 heteroatoms. The van der Waals surface area contributed by atoms with Crippen molar-refractivity contribution in [1.29, 1.82) is 0 Å². The molecular weight excluding hydrogens is 144 g/mol. The topological polar surface area (TPSA) is 87.0 Å². The zero-order valence-electron chi connectivity index (χ0n) is 6.19. The first-order chi connectivity index (χ1) is 5.24. The Balaban J connectivity index is 2.86. The van der Waals surface area contributed by atoms with Crippen LogP contribution in [0.15, 0.2) is 12.3 Å². The zero-order valence-corrected chi connectivity index (χ0v) is 6.19. The van der Waals surface area contributed by atoms with Crippen LogP contribution >= 0.6 is 0 Å². The third kappa shape index (κ3) is 1.86. The Hall–Kier alpha value is -1.20. The summed E-state index contributed by atoms with van der Waals surface area (Å²) < 4.78 is 0. The molecule has 1 heterocycles. The quantitative estimate of drug-likeness (QED) is 0.586. The van der Waals surface area contributed by atoms with Crippen molar-refractivity contribution in [2.75, 3.05) is 5.73 Å². The fourth-order valence-corrected chi connectivity index (χ4v) is 0.645. The van der Waals surface area contributed by atoms with Crippen LogP contribution in [-0.2, 0) is 4.84 Å². The van der Waals surface area contributed by atoms with Crippen molar-refractivity contribution in [1.82, 2.24) is 9.97 Å². The molecule has 0 bridgehead atoms. The molecule has 0 aliphatic heterocycles. The lowest BCUT2D eigenvalue weighted by Gasteiger charge is -2.05. The molecule has 1 aromatic rings. The first-order valence-corrected chi connectivity index (χ1v) is 3.18. The van der Waals surface area contributed by atoms with Crippen LogP contribution in [0.1, 0.15) is 18.9 Å².